The van der Waals surface area contributed by atoms with Crippen LogP contribution < -0.4 is 20.4 Å². The first-order valence-electron chi connectivity index (χ1n) is 11.1. The van der Waals surface area contributed by atoms with Crippen LogP contribution in [0.3, 0.4) is 0 Å². The van der Waals surface area contributed by atoms with Crippen molar-refractivity contribution in [3.8, 4) is 0 Å². The molecule has 0 radical (unpaired) electrons. The van der Waals surface area contributed by atoms with Crippen LogP contribution in [0.4, 0.5) is 22.7 Å². The Morgan fingerprint density at radius 1 is 0.939 bits per heavy atom. The smallest absolute Gasteiger partial charge is 0.293 e. The van der Waals surface area contributed by atoms with Crippen LogP contribution in [0.1, 0.15) is 42.5 Å². The van der Waals surface area contributed by atoms with Gasteiger partial charge in [-0.1, -0.05) is 11.6 Å². The fraction of sp³-hybridized carbons (Fsp3) is 0.391. The van der Waals surface area contributed by atoms with Gasteiger partial charge < -0.3 is 15.1 Å². The molecular weight excluding hydrogens is 462 g/mol. The maximum absolute atomic E-state index is 12.7. The van der Waals surface area contributed by atoms with Crippen LogP contribution in [0, 0.1) is 10.1 Å². The van der Waals surface area contributed by atoms with E-state index >= 15 is 0 Å². The van der Waals surface area contributed by atoms with E-state index in [1.807, 2.05) is 17.0 Å². The molecule has 0 aliphatic carbocycles. The zero-order valence-corrected chi connectivity index (χ0v) is 19.8. The Kier molecular flexibility index (Phi) is 7.29. The van der Waals surface area contributed by atoms with Crippen LogP contribution in [0.15, 0.2) is 36.4 Å². The average molecular weight is 488 g/mol. The molecule has 0 bridgehead atoms. The van der Waals surface area contributed by atoms with E-state index in [1.165, 1.54) is 12.5 Å². The van der Waals surface area contributed by atoms with E-state index in [2.05, 4.69) is 15.5 Å². The highest BCUT2D eigenvalue weighted by molar-refractivity contribution is 7.80. The van der Waals surface area contributed by atoms with Crippen molar-refractivity contribution in [2.75, 3.05) is 41.3 Å². The number of hydrogen-bond donors (Lipinski definition) is 2. The van der Waals surface area contributed by atoms with E-state index in [0.29, 0.717) is 16.4 Å². The number of carbonyl (C=O) groups excluding carboxylic acids is 1. The fourth-order valence-corrected chi connectivity index (χ4v) is 4.86. The first-order valence-corrected chi connectivity index (χ1v) is 11.9. The zero-order chi connectivity index (χ0) is 23.4. The monoisotopic (exact) mass is 487 g/mol. The van der Waals surface area contributed by atoms with Crippen molar-refractivity contribution in [1.82, 2.24) is 5.32 Å². The number of rotatable bonds is 5. The van der Waals surface area contributed by atoms with Crippen molar-refractivity contribution in [2.24, 2.45) is 0 Å². The van der Waals surface area contributed by atoms with Crippen molar-refractivity contribution in [3.05, 3.63) is 57.1 Å². The lowest BCUT2D eigenvalue weighted by Crippen LogP contribution is -2.34. The summed E-state index contributed by atoms with van der Waals surface area (Å²) in [6.07, 6.45) is 5.56. The highest BCUT2D eigenvalue weighted by Gasteiger charge is 2.24. The number of anilines is 3. The molecule has 33 heavy (non-hydrogen) atoms. The number of amides is 1. The zero-order valence-electron chi connectivity index (χ0n) is 18.2. The molecule has 2 aromatic rings. The van der Waals surface area contributed by atoms with E-state index in [1.54, 1.807) is 18.2 Å². The molecule has 2 aliphatic heterocycles. The Bertz CT molecular complexity index is 1070. The predicted molar refractivity (Wildman–Crippen MR) is 136 cm³/mol. The van der Waals surface area contributed by atoms with Gasteiger partial charge in [-0.25, -0.2) is 0 Å². The summed E-state index contributed by atoms with van der Waals surface area (Å²) in [5.74, 6) is -0.514. The van der Waals surface area contributed by atoms with Crippen molar-refractivity contribution in [1.29, 1.82) is 0 Å². The van der Waals surface area contributed by atoms with Gasteiger partial charge in [-0.2, -0.15) is 0 Å². The maximum Gasteiger partial charge on any atom is 0.293 e. The molecule has 0 unspecified atom stereocenters. The van der Waals surface area contributed by atoms with Crippen molar-refractivity contribution in [2.45, 2.75) is 32.1 Å². The second-order valence-corrected chi connectivity index (χ2v) is 9.09. The van der Waals surface area contributed by atoms with Gasteiger partial charge in [0.2, 0.25) is 0 Å². The highest BCUT2D eigenvalue weighted by Crippen LogP contribution is 2.32. The second kappa shape index (κ2) is 10.4. The third-order valence-electron chi connectivity index (χ3n) is 6.01. The number of benzene rings is 2. The summed E-state index contributed by atoms with van der Waals surface area (Å²) >= 11 is 11.8. The lowest BCUT2D eigenvalue weighted by Gasteiger charge is -2.29. The predicted octanol–water partition coefficient (Wildman–Crippen LogP) is 4.97. The molecule has 2 fully saturated rings. The second-order valence-electron chi connectivity index (χ2n) is 8.28. The fourth-order valence-electron chi connectivity index (χ4n) is 4.35. The number of nitrogens with one attached hydrogen (secondary N) is 2. The van der Waals surface area contributed by atoms with Gasteiger partial charge in [0.1, 0.15) is 5.69 Å². The number of piperidine rings is 1. The molecule has 2 N–H and O–H groups in total. The van der Waals surface area contributed by atoms with Crippen LogP contribution in [-0.2, 0) is 0 Å². The molecular formula is C23H26ClN5O3S. The first kappa shape index (κ1) is 23.3. The van der Waals surface area contributed by atoms with Gasteiger partial charge in [0, 0.05) is 43.5 Å². The summed E-state index contributed by atoms with van der Waals surface area (Å²) < 4.78 is 0. The van der Waals surface area contributed by atoms with E-state index in [4.69, 9.17) is 23.8 Å². The van der Waals surface area contributed by atoms with Gasteiger partial charge >= 0.3 is 0 Å². The van der Waals surface area contributed by atoms with E-state index in [9.17, 15) is 14.9 Å². The third-order valence-corrected chi connectivity index (χ3v) is 6.52. The number of carbonyl (C=O) groups is 1. The summed E-state index contributed by atoms with van der Waals surface area (Å²) in [6.45, 7) is 3.53. The molecule has 1 amide bonds. The molecule has 2 saturated heterocycles. The van der Waals surface area contributed by atoms with Gasteiger partial charge in [0.25, 0.3) is 11.6 Å². The normalized spacial score (nSPS) is 15.9. The van der Waals surface area contributed by atoms with Gasteiger partial charge in [0.15, 0.2) is 5.11 Å². The Labute approximate surface area is 203 Å². The molecule has 2 heterocycles. The van der Waals surface area contributed by atoms with Gasteiger partial charge in [0.05, 0.1) is 15.6 Å². The summed E-state index contributed by atoms with van der Waals surface area (Å²) in [6, 6.07) is 10.1. The minimum atomic E-state index is -0.514. The number of nitrogens with zero attached hydrogens (tertiary/aromatic N) is 3. The third kappa shape index (κ3) is 5.54. The average Bonchev–Trinajstić information content (AvgIpc) is 3.34. The quantitative estimate of drug-likeness (QED) is 0.349. The number of hydrogen-bond acceptors (Lipinski definition) is 6. The molecule has 4 rings (SSSR count). The van der Waals surface area contributed by atoms with E-state index < -0.39 is 10.8 Å². The van der Waals surface area contributed by atoms with Crippen molar-refractivity contribution >= 4 is 57.6 Å². The molecule has 10 heteroatoms. The van der Waals surface area contributed by atoms with Crippen LogP contribution in [0.25, 0.3) is 0 Å². The van der Waals surface area contributed by atoms with Crippen molar-refractivity contribution < 1.29 is 9.72 Å². The summed E-state index contributed by atoms with van der Waals surface area (Å²) in [5.41, 5.74) is 2.28. The number of thiocarbonyl (C=S) groups is 1. The van der Waals surface area contributed by atoms with Gasteiger partial charge in [-0.15, -0.1) is 0 Å². The Morgan fingerprint density at radius 3 is 2.18 bits per heavy atom. The summed E-state index contributed by atoms with van der Waals surface area (Å²) in [5, 5.41) is 17.8. The molecule has 2 aliphatic rings. The SMILES string of the molecule is O=C(NC(=S)Nc1ccc(N2CCCCC2)c(Cl)c1)c1ccc(N2CCCC2)c([N+](=O)[O-])c1. The topological polar surface area (TPSA) is 90.8 Å². The minimum Gasteiger partial charge on any atom is -0.370 e. The lowest BCUT2D eigenvalue weighted by molar-refractivity contribution is -0.384. The Balaban J connectivity index is 1.41. The Hall–Kier alpha value is -2.91. The maximum atomic E-state index is 12.7. The molecule has 0 saturated carbocycles. The van der Waals surface area contributed by atoms with E-state index in [-0.39, 0.29) is 16.4 Å². The summed E-state index contributed by atoms with van der Waals surface area (Å²) in [7, 11) is 0. The minimum absolute atomic E-state index is 0.0801. The largest absolute Gasteiger partial charge is 0.370 e. The molecule has 8 nitrogen and oxygen atoms in total. The molecule has 2 aromatic carbocycles. The summed E-state index contributed by atoms with van der Waals surface area (Å²) in [4.78, 5) is 28.1. The number of nitro benzene ring substituents is 1. The van der Waals surface area contributed by atoms with Gasteiger partial charge in [-0.3, -0.25) is 20.2 Å². The lowest BCUT2D eigenvalue weighted by atomic mass is 10.1. The number of nitro groups is 1. The van der Waals surface area contributed by atoms with Crippen LogP contribution >= 0.6 is 23.8 Å². The highest BCUT2D eigenvalue weighted by atomic mass is 35.5. The molecule has 0 aromatic heterocycles. The van der Waals surface area contributed by atoms with E-state index in [0.717, 1.165) is 57.5 Å². The standard InChI is InChI=1S/C23H26ClN5O3S/c24-18-15-17(7-9-19(18)27-10-2-1-3-11-27)25-23(33)26-22(30)16-6-8-20(21(14-16)29(31)32)28-12-4-5-13-28/h6-9,14-15H,1-5,10-13H2,(H2,25,26,30,33). The molecule has 0 atom stereocenters. The number of halogens is 1. The molecule has 174 valence electrons. The van der Waals surface area contributed by atoms with Crippen LogP contribution in [0.2, 0.25) is 5.02 Å². The Morgan fingerprint density at radius 2 is 1.55 bits per heavy atom. The van der Waals surface area contributed by atoms with Crippen LogP contribution in [0.5, 0.6) is 0 Å². The van der Waals surface area contributed by atoms with Gasteiger partial charge in [-0.05, 0) is 74.7 Å². The first-order chi connectivity index (χ1) is 15.9. The van der Waals surface area contributed by atoms with Crippen LogP contribution in [-0.4, -0.2) is 42.1 Å². The van der Waals surface area contributed by atoms with Crippen molar-refractivity contribution in [3.63, 3.8) is 0 Å². The molecule has 0 spiro atoms.